The number of carbonyl (C=O) groups is 1. The minimum Gasteiger partial charge on any atom is -0.464 e. The zero-order valence-corrected chi connectivity index (χ0v) is 12.4. The van der Waals surface area contributed by atoms with Gasteiger partial charge in [0.25, 0.3) is 5.91 Å². The molecule has 114 valence electrons. The average Bonchev–Trinajstić information content (AvgIpc) is 2.88. The monoisotopic (exact) mass is 297 g/mol. The summed E-state index contributed by atoms with van der Waals surface area (Å²) < 4.78 is 5.59. The van der Waals surface area contributed by atoms with Crippen molar-refractivity contribution in [2.24, 2.45) is 0 Å². The second-order valence-corrected chi connectivity index (χ2v) is 6.01. The molecule has 0 saturated carbocycles. The van der Waals surface area contributed by atoms with E-state index in [4.69, 9.17) is 4.42 Å². The van der Waals surface area contributed by atoms with Crippen molar-refractivity contribution in [1.29, 1.82) is 0 Å². The molecule has 0 aliphatic carbocycles. The predicted molar refractivity (Wildman–Crippen MR) is 82.4 cm³/mol. The van der Waals surface area contributed by atoms with Gasteiger partial charge in [-0.2, -0.15) is 0 Å². The number of carbonyl (C=O) groups excluding carboxylic acids is 1. The van der Waals surface area contributed by atoms with Crippen molar-refractivity contribution in [3.05, 3.63) is 42.4 Å². The van der Waals surface area contributed by atoms with Gasteiger partial charge in [0, 0.05) is 50.2 Å². The molecule has 3 aliphatic rings. The molecule has 2 aromatic heterocycles. The fourth-order valence-corrected chi connectivity index (χ4v) is 3.44. The highest BCUT2D eigenvalue weighted by atomic mass is 16.3. The molecule has 3 saturated heterocycles. The lowest BCUT2D eigenvalue weighted by atomic mass is 10.0. The summed E-state index contributed by atoms with van der Waals surface area (Å²) in [5.74, 6) is 0.812. The summed E-state index contributed by atoms with van der Waals surface area (Å²) in [6.07, 6.45) is 7.19. The second kappa shape index (κ2) is 5.57. The smallest absolute Gasteiger partial charge is 0.257 e. The van der Waals surface area contributed by atoms with Crippen LogP contribution in [0.1, 0.15) is 23.2 Å². The standard InChI is InChI=1S/C17H19N3O2/c21-17(20-10-9-19-7-3-15(20)4-8-19)14-11-16(22-12-14)13-1-5-18-6-2-13/h1-2,5-6,11-12,15H,3-4,7-10H2. The fourth-order valence-electron chi connectivity index (χ4n) is 3.44. The second-order valence-electron chi connectivity index (χ2n) is 6.01. The Morgan fingerprint density at radius 1 is 1.14 bits per heavy atom. The molecule has 2 aromatic rings. The van der Waals surface area contributed by atoms with E-state index in [1.165, 1.54) is 0 Å². The van der Waals surface area contributed by atoms with Crippen LogP contribution in [-0.2, 0) is 0 Å². The van der Waals surface area contributed by atoms with Crippen LogP contribution in [0.2, 0.25) is 0 Å². The lowest BCUT2D eigenvalue weighted by molar-refractivity contribution is 0.0684. The van der Waals surface area contributed by atoms with Gasteiger partial charge in [-0.3, -0.25) is 9.78 Å². The molecule has 0 aromatic carbocycles. The van der Waals surface area contributed by atoms with Crippen LogP contribution >= 0.6 is 0 Å². The number of piperidine rings is 1. The third-order valence-electron chi connectivity index (χ3n) is 4.73. The first-order valence-electron chi connectivity index (χ1n) is 7.83. The normalized spacial score (nSPS) is 24.3. The molecule has 0 unspecified atom stereocenters. The number of rotatable bonds is 2. The van der Waals surface area contributed by atoms with Crippen LogP contribution in [0.4, 0.5) is 0 Å². The summed E-state index contributed by atoms with van der Waals surface area (Å²) in [5.41, 5.74) is 1.59. The van der Waals surface area contributed by atoms with Crippen LogP contribution < -0.4 is 0 Å². The number of aromatic nitrogens is 1. The first kappa shape index (κ1) is 13.5. The highest BCUT2D eigenvalue weighted by molar-refractivity contribution is 5.95. The Hall–Kier alpha value is -2.14. The van der Waals surface area contributed by atoms with Crippen molar-refractivity contribution >= 4 is 5.91 Å². The van der Waals surface area contributed by atoms with E-state index >= 15 is 0 Å². The largest absolute Gasteiger partial charge is 0.464 e. The van der Waals surface area contributed by atoms with Gasteiger partial charge >= 0.3 is 0 Å². The Bertz CT molecular complexity index is 660. The topological polar surface area (TPSA) is 49.6 Å². The van der Waals surface area contributed by atoms with Gasteiger partial charge in [0.05, 0.1) is 5.56 Å². The molecule has 22 heavy (non-hydrogen) atoms. The van der Waals surface area contributed by atoms with E-state index in [1.54, 1.807) is 18.7 Å². The number of hydrogen-bond acceptors (Lipinski definition) is 4. The highest BCUT2D eigenvalue weighted by Crippen LogP contribution is 2.26. The van der Waals surface area contributed by atoms with Crippen LogP contribution in [0.15, 0.2) is 41.3 Å². The van der Waals surface area contributed by atoms with Crippen LogP contribution in [0.25, 0.3) is 11.3 Å². The Balaban J connectivity index is 1.57. The number of pyridine rings is 1. The Morgan fingerprint density at radius 3 is 2.68 bits per heavy atom. The molecule has 0 N–H and O–H groups in total. The van der Waals surface area contributed by atoms with Gasteiger partial charge in [0.1, 0.15) is 12.0 Å². The third-order valence-corrected chi connectivity index (χ3v) is 4.73. The van der Waals surface area contributed by atoms with E-state index in [9.17, 15) is 4.79 Å². The number of amides is 1. The van der Waals surface area contributed by atoms with E-state index in [0.29, 0.717) is 17.4 Å². The maximum Gasteiger partial charge on any atom is 0.257 e. The summed E-state index contributed by atoms with van der Waals surface area (Å²) in [6.45, 7) is 4.03. The number of hydrogen-bond donors (Lipinski definition) is 0. The molecule has 5 rings (SSSR count). The molecule has 5 heterocycles. The van der Waals surface area contributed by atoms with Gasteiger partial charge in [0.2, 0.25) is 0 Å². The molecule has 0 spiro atoms. The van der Waals surface area contributed by atoms with E-state index in [2.05, 4.69) is 9.88 Å². The number of fused-ring (bicyclic) bond motifs is 4. The fraction of sp³-hybridized carbons (Fsp3) is 0.412. The van der Waals surface area contributed by atoms with Crippen LogP contribution in [-0.4, -0.2) is 52.9 Å². The van der Waals surface area contributed by atoms with E-state index in [-0.39, 0.29) is 5.91 Å². The van der Waals surface area contributed by atoms with Crippen molar-refractivity contribution in [2.45, 2.75) is 18.9 Å². The van der Waals surface area contributed by atoms with Crippen LogP contribution in [0.5, 0.6) is 0 Å². The van der Waals surface area contributed by atoms with Gasteiger partial charge in [0.15, 0.2) is 0 Å². The third kappa shape index (κ3) is 2.41. The Labute approximate surface area is 129 Å². The van der Waals surface area contributed by atoms with Crippen LogP contribution in [0.3, 0.4) is 0 Å². The van der Waals surface area contributed by atoms with Crippen LogP contribution in [0, 0.1) is 0 Å². The van der Waals surface area contributed by atoms with Crippen molar-refractivity contribution in [3.63, 3.8) is 0 Å². The summed E-state index contributed by atoms with van der Waals surface area (Å²) in [6, 6.07) is 5.99. The Morgan fingerprint density at radius 2 is 1.91 bits per heavy atom. The maximum absolute atomic E-state index is 12.8. The van der Waals surface area contributed by atoms with Gasteiger partial charge in [-0.05, 0) is 31.0 Å². The molecule has 0 atom stereocenters. The predicted octanol–water partition coefficient (Wildman–Crippen LogP) is 2.26. The van der Waals surface area contributed by atoms with Crippen molar-refractivity contribution in [1.82, 2.24) is 14.8 Å². The zero-order chi connectivity index (χ0) is 14.9. The number of nitrogens with zero attached hydrogens (tertiary/aromatic N) is 3. The molecule has 3 fully saturated rings. The molecule has 1 amide bonds. The highest BCUT2D eigenvalue weighted by Gasteiger charge is 2.32. The van der Waals surface area contributed by atoms with E-state index in [0.717, 1.165) is 44.6 Å². The summed E-state index contributed by atoms with van der Waals surface area (Å²) in [5, 5.41) is 0. The minimum absolute atomic E-state index is 0.0952. The first-order valence-corrected chi connectivity index (χ1v) is 7.83. The van der Waals surface area contributed by atoms with Gasteiger partial charge in [-0.15, -0.1) is 0 Å². The SMILES string of the molecule is O=C(c1coc(-c2ccncc2)c1)N1CCN2CCC1CC2. The van der Waals surface area contributed by atoms with Gasteiger partial charge in [-0.25, -0.2) is 0 Å². The lowest BCUT2D eigenvalue weighted by Crippen LogP contribution is -2.41. The van der Waals surface area contributed by atoms with Crippen molar-refractivity contribution in [2.75, 3.05) is 26.2 Å². The molecule has 3 aliphatic heterocycles. The Kier molecular flexibility index (Phi) is 3.42. The lowest BCUT2D eigenvalue weighted by Gasteiger charge is -2.31. The quantitative estimate of drug-likeness (QED) is 0.853. The van der Waals surface area contributed by atoms with E-state index in [1.807, 2.05) is 23.1 Å². The average molecular weight is 297 g/mol. The number of furan rings is 1. The minimum atomic E-state index is 0.0952. The van der Waals surface area contributed by atoms with Gasteiger partial charge < -0.3 is 14.2 Å². The summed E-state index contributed by atoms with van der Waals surface area (Å²) in [4.78, 5) is 21.3. The van der Waals surface area contributed by atoms with E-state index < -0.39 is 0 Å². The molecular formula is C17H19N3O2. The first-order chi connectivity index (χ1) is 10.8. The molecule has 0 radical (unpaired) electrons. The zero-order valence-electron chi connectivity index (χ0n) is 12.4. The van der Waals surface area contributed by atoms with Crippen molar-refractivity contribution < 1.29 is 9.21 Å². The van der Waals surface area contributed by atoms with Crippen molar-refractivity contribution in [3.8, 4) is 11.3 Å². The maximum atomic E-state index is 12.8. The molecule has 2 bridgehead atoms. The summed E-state index contributed by atoms with van der Waals surface area (Å²) >= 11 is 0. The summed E-state index contributed by atoms with van der Waals surface area (Å²) in [7, 11) is 0. The molecule has 5 nitrogen and oxygen atoms in total. The molecule has 5 heteroatoms. The molecular weight excluding hydrogens is 278 g/mol. The van der Waals surface area contributed by atoms with Gasteiger partial charge in [-0.1, -0.05) is 0 Å².